The number of phenols is 1. The number of hydrogen-bond donors (Lipinski definition) is 1. The van der Waals surface area contributed by atoms with Gasteiger partial charge in [-0.3, -0.25) is 9.59 Å². The predicted octanol–water partition coefficient (Wildman–Crippen LogP) is 7.22. The number of rotatable bonds is 2. The zero-order valence-electron chi connectivity index (χ0n) is 21.0. The summed E-state index contributed by atoms with van der Waals surface area (Å²) in [6.45, 7) is 6.33. The molecule has 0 radical (unpaired) electrons. The minimum Gasteiger partial charge on any atom is -0.507 e. The first-order chi connectivity index (χ1) is 17.5. The molecule has 0 atom stereocenters. The van der Waals surface area contributed by atoms with Crippen molar-refractivity contribution in [1.82, 2.24) is 0 Å². The number of carbonyl (C=O) groups excluding carboxylic acids is 4. The highest BCUT2D eigenvalue weighted by molar-refractivity contribution is 5.78. The Hall–Kier alpha value is -4.60. The van der Waals surface area contributed by atoms with Crippen LogP contribution in [-0.4, -0.2) is 23.8 Å². The average Bonchev–Trinajstić information content (AvgIpc) is 2.93. The van der Waals surface area contributed by atoms with Crippen LogP contribution in [0.5, 0.6) is 5.75 Å². The fraction of sp³-hybridized carbons (Fsp3) is 0.129. The first-order valence-corrected chi connectivity index (χ1v) is 11.2. The summed E-state index contributed by atoms with van der Waals surface area (Å²) < 4.78 is 0. The highest BCUT2D eigenvalue weighted by Crippen LogP contribution is 2.11. The third-order valence-corrected chi connectivity index (χ3v) is 3.61. The lowest BCUT2D eigenvalue weighted by Gasteiger charge is -1.91. The van der Waals surface area contributed by atoms with Gasteiger partial charge in [0.15, 0.2) is 6.29 Å². The summed E-state index contributed by atoms with van der Waals surface area (Å²) in [6, 6.07) is 37.8. The summed E-state index contributed by atoms with van der Waals surface area (Å²) in [5.74, 6) is 0.0347. The number of hydrogen-bond acceptors (Lipinski definition) is 5. The maximum absolute atomic E-state index is 10.1. The van der Waals surface area contributed by atoms with Crippen molar-refractivity contribution in [3.8, 4) is 5.75 Å². The van der Waals surface area contributed by atoms with E-state index in [1.807, 2.05) is 72.8 Å². The molecule has 0 unspecified atom stereocenters. The molecule has 4 aromatic carbocycles. The molecule has 5 heteroatoms. The average molecular weight is 487 g/mol. The normalized spacial score (nSPS) is 7.86. The molecule has 4 rings (SSSR count). The third-order valence-electron chi connectivity index (χ3n) is 3.61. The molecule has 0 fully saturated rings. The van der Waals surface area contributed by atoms with Crippen LogP contribution in [0, 0.1) is 6.92 Å². The SMILES string of the molecule is CCC.Cc1ccccc1.O=C=O.O=Cc1ccccc1.O=Cc1ccccc1O.c1ccccc1. The third kappa shape index (κ3) is 22.6. The van der Waals surface area contributed by atoms with Crippen LogP contribution in [0.3, 0.4) is 0 Å². The van der Waals surface area contributed by atoms with Crippen molar-refractivity contribution < 1.29 is 24.3 Å². The Kier molecular flexibility index (Phi) is 24.9. The topological polar surface area (TPSA) is 88.5 Å². The minimum absolute atomic E-state index is 0.0347. The first-order valence-electron chi connectivity index (χ1n) is 11.2. The van der Waals surface area contributed by atoms with E-state index in [2.05, 4.69) is 32.9 Å². The van der Waals surface area contributed by atoms with Crippen LogP contribution in [0.1, 0.15) is 46.5 Å². The van der Waals surface area contributed by atoms with Crippen molar-refractivity contribution in [2.24, 2.45) is 0 Å². The molecule has 0 aromatic heterocycles. The molecular formula is C31H34O5. The summed E-state index contributed by atoms with van der Waals surface area (Å²) >= 11 is 0. The van der Waals surface area contributed by atoms with Gasteiger partial charge in [-0.2, -0.15) is 9.59 Å². The second-order valence-corrected chi connectivity index (χ2v) is 6.81. The second kappa shape index (κ2) is 26.7. The molecule has 0 aliphatic heterocycles. The fourth-order valence-corrected chi connectivity index (χ4v) is 2.04. The number of aldehydes is 2. The maximum atomic E-state index is 10.1. The molecule has 1 N–H and O–H groups in total. The Morgan fingerprint density at radius 1 is 0.611 bits per heavy atom. The highest BCUT2D eigenvalue weighted by Gasteiger charge is 1.93. The van der Waals surface area contributed by atoms with Crippen LogP contribution in [0.4, 0.5) is 0 Å². The lowest BCUT2D eigenvalue weighted by molar-refractivity contribution is -0.191. The Balaban J connectivity index is 0. The van der Waals surface area contributed by atoms with Crippen LogP contribution >= 0.6 is 0 Å². The monoisotopic (exact) mass is 486 g/mol. The van der Waals surface area contributed by atoms with Crippen molar-refractivity contribution >= 4 is 18.7 Å². The Morgan fingerprint density at radius 3 is 1.19 bits per heavy atom. The van der Waals surface area contributed by atoms with Crippen LogP contribution in [0.15, 0.2) is 121 Å². The number of aryl methyl sites for hydroxylation is 1. The molecule has 0 heterocycles. The second-order valence-electron chi connectivity index (χ2n) is 6.81. The molecule has 5 nitrogen and oxygen atoms in total. The van der Waals surface area contributed by atoms with Gasteiger partial charge in [0.2, 0.25) is 0 Å². The molecule has 36 heavy (non-hydrogen) atoms. The molecular weight excluding hydrogens is 452 g/mol. The Labute approximate surface area is 214 Å². The van der Waals surface area contributed by atoms with E-state index < -0.39 is 0 Å². The molecule has 0 saturated heterocycles. The number of benzene rings is 4. The van der Waals surface area contributed by atoms with E-state index in [1.165, 1.54) is 18.1 Å². The van der Waals surface area contributed by atoms with E-state index in [9.17, 15) is 9.59 Å². The fourth-order valence-electron chi connectivity index (χ4n) is 2.04. The lowest BCUT2D eigenvalue weighted by Crippen LogP contribution is -1.77. The van der Waals surface area contributed by atoms with E-state index >= 15 is 0 Å². The largest absolute Gasteiger partial charge is 0.507 e. The molecule has 4 aromatic rings. The van der Waals surface area contributed by atoms with Crippen molar-refractivity contribution in [3.05, 3.63) is 138 Å². The summed E-state index contributed by atoms with van der Waals surface area (Å²) in [7, 11) is 0. The van der Waals surface area contributed by atoms with Crippen molar-refractivity contribution in [2.45, 2.75) is 27.2 Å². The number of phenolic OH excluding ortho intramolecular Hbond substituents is 1. The van der Waals surface area contributed by atoms with Gasteiger partial charge < -0.3 is 5.11 Å². The molecule has 0 aliphatic rings. The van der Waals surface area contributed by atoms with Gasteiger partial charge >= 0.3 is 6.15 Å². The van der Waals surface area contributed by atoms with Gasteiger partial charge in [-0.25, -0.2) is 0 Å². The number of para-hydroxylation sites is 1. The zero-order valence-corrected chi connectivity index (χ0v) is 21.0. The van der Waals surface area contributed by atoms with Crippen LogP contribution in [0.2, 0.25) is 0 Å². The summed E-state index contributed by atoms with van der Waals surface area (Å²) in [6.07, 6.45) is 2.95. The van der Waals surface area contributed by atoms with Crippen molar-refractivity contribution in [1.29, 1.82) is 0 Å². The number of carbonyl (C=O) groups is 2. The lowest BCUT2D eigenvalue weighted by atomic mass is 10.2. The molecule has 0 aliphatic carbocycles. The quantitative estimate of drug-likeness (QED) is 0.302. The molecule has 0 spiro atoms. The minimum atomic E-state index is 0.0347. The van der Waals surface area contributed by atoms with Crippen LogP contribution < -0.4 is 0 Å². The molecule has 0 bridgehead atoms. The van der Waals surface area contributed by atoms with Gasteiger partial charge in [0.1, 0.15) is 12.0 Å². The van der Waals surface area contributed by atoms with Gasteiger partial charge in [-0.05, 0) is 19.1 Å². The molecule has 188 valence electrons. The van der Waals surface area contributed by atoms with Gasteiger partial charge in [-0.1, -0.05) is 135 Å². The van der Waals surface area contributed by atoms with Crippen LogP contribution in [-0.2, 0) is 9.59 Å². The molecule has 0 amide bonds. The zero-order chi connectivity index (χ0) is 27.3. The van der Waals surface area contributed by atoms with Crippen molar-refractivity contribution in [2.75, 3.05) is 0 Å². The maximum Gasteiger partial charge on any atom is 0.373 e. The van der Waals surface area contributed by atoms with Crippen LogP contribution in [0.25, 0.3) is 0 Å². The standard InChI is InChI=1S/C7H6O2.C7H6O.C7H8.C6H6.C3H8.CO2/c8-5-6-3-1-2-4-7(6)9;8-6-7-4-2-1-3-5-7;1-7-5-3-2-4-6-7;1-2-4-6-5-3-1;1-3-2;2-1-3/h1-5,9H;1-6H;2-6H,1H3;1-6H;3H2,1-2H3;. The van der Waals surface area contributed by atoms with E-state index in [4.69, 9.17) is 14.7 Å². The van der Waals surface area contributed by atoms with Gasteiger partial charge in [-0.15, -0.1) is 0 Å². The van der Waals surface area contributed by atoms with Crippen molar-refractivity contribution in [3.63, 3.8) is 0 Å². The van der Waals surface area contributed by atoms with E-state index in [-0.39, 0.29) is 11.9 Å². The van der Waals surface area contributed by atoms with E-state index in [0.29, 0.717) is 11.8 Å². The van der Waals surface area contributed by atoms with E-state index in [1.54, 1.807) is 30.3 Å². The van der Waals surface area contributed by atoms with E-state index in [0.717, 1.165) is 11.8 Å². The highest BCUT2D eigenvalue weighted by atomic mass is 16.3. The number of aromatic hydroxyl groups is 1. The molecule has 0 saturated carbocycles. The first kappa shape index (κ1) is 33.6. The predicted molar refractivity (Wildman–Crippen MR) is 144 cm³/mol. The Morgan fingerprint density at radius 2 is 0.944 bits per heavy atom. The smallest absolute Gasteiger partial charge is 0.373 e. The Bertz CT molecular complexity index is 1020. The summed E-state index contributed by atoms with van der Waals surface area (Å²) in [5.41, 5.74) is 2.38. The van der Waals surface area contributed by atoms with Gasteiger partial charge in [0, 0.05) is 5.56 Å². The summed E-state index contributed by atoms with van der Waals surface area (Å²) in [4.78, 5) is 36.3. The summed E-state index contributed by atoms with van der Waals surface area (Å²) in [5, 5.41) is 8.88. The van der Waals surface area contributed by atoms with Gasteiger partial charge in [0.05, 0.1) is 5.56 Å². The van der Waals surface area contributed by atoms with Gasteiger partial charge in [0.25, 0.3) is 0 Å².